The molecule has 0 atom stereocenters. The first-order valence-electron chi connectivity index (χ1n) is 4.56. The molecule has 0 aromatic heterocycles. The first kappa shape index (κ1) is 12.0. The number of benzene rings is 1. The highest BCUT2D eigenvalue weighted by atomic mass is 32.2. The summed E-state index contributed by atoms with van der Waals surface area (Å²) in [5.41, 5.74) is 6.31. The third kappa shape index (κ3) is 2.94. The van der Waals surface area contributed by atoms with Gasteiger partial charge in [0.05, 0.1) is 7.11 Å². The van der Waals surface area contributed by atoms with Crippen LogP contribution < -0.4 is 10.5 Å². The number of ether oxygens (including phenoxy) is 1. The van der Waals surface area contributed by atoms with Crippen LogP contribution in [0.2, 0.25) is 0 Å². The van der Waals surface area contributed by atoms with Crippen molar-refractivity contribution < 1.29 is 13.2 Å². The van der Waals surface area contributed by atoms with Crippen molar-refractivity contribution in [3.8, 4) is 5.75 Å². The zero-order valence-corrected chi connectivity index (χ0v) is 9.67. The molecule has 0 bridgehead atoms. The number of nitrogens with two attached hydrogens (primary N) is 1. The minimum atomic E-state index is -3.25. The SMILES string of the molecule is COc1ccc(CCN)cc1S(C)(=O)=O. The van der Waals surface area contributed by atoms with E-state index < -0.39 is 9.84 Å². The van der Waals surface area contributed by atoms with Crippen LogP contribution in [0.25, 0.3) is 0 Å². The summed E-state index contributed by atoms with van der Waals surface area (Å²) in [4.78, 5) is 0.218. The zero-order valence-electron chi connectivity index (χ0n) is 8.86. The van der Waals surface area contributed by atoms with Gasteiger partial charge in [-0.25, -0.2) is 8.42 Å². The van der Waals surface area contributed by atoms with E-state index in [-0.39, 0.29) is 4.90 Å². The van der Waals surface area contributed by atoms with Gasteiger partial charge in [0.25, 0.3) is 0 Å². The molecule has 0 heterocycles. The molecule has 0 amide bonds. The maximum atomic E-state index is 11.5. The third-order valence-corrected chi connectivity index (χ3v) is 3.18. The average molecular weight is 229 g/mol. The number of rotatable bonds is 4. The molecule has 0 aliphatic heterocycles. The summed E-state index contributed by atoms with van der Waals surface area (Å²) in [6, 6.07) is 5.09. The van der Waals surface area contributed by atoms with Crippen molar-refractivity contribution in [1.82, 2.24) is 0 Å². The lowest BCUT2D eigenvalue weighted by Crippen LogP contribution is -2.05. The monoisotopic (exact) mass is 229 g/mol. The van der Waals surface area contributed by atoms with Gasteiger partial charge < -0.3 is 10.5 Å². The molecule has 2 N–H and O–H groups in total. The second kappa shape index (κ2) is 4.63. The minimum absolute atomic E-state index is 0.218. The molecular formula is C10H15NO3S. The Labute approximate surface area is 90.0 Å². The van der Waals surface area contributed by atoms with E-state index in [1.165, 1.54) is 7.11 Å². The predicted octanol–water partition coefficient (Wildman–Crippen LogP) is 0.600. The Morgan fingerprint density at radius 1 is 1.40 bits per heavy atom. The van der Waals surface area contributed by atoms with E-state index in [9.17, 15) is 8.42 Å². The highest BCUT2D eigenvalue weighted by Crippen LogP contribution is 2.24. The fourth-order valence-electron chi connectivity index (χ4n) is 1.33. The summed E-state index contributed by atoms with van der Waals surface area (Å²) in [6.45, 7) is 0.496. The van der Waals surface area contributed by atoms with Crippen LogP contribution >= 0.6 is 0 Å². The maximum Gasteiger partial charge on any atom is 0.179 e. The Morgan fingerprint density at radius 2 is 2.07 bits per heavy atom. The Morgan fingerprint density at radius 3 is 2.53 bits per heavy atom. The molecule has 0 fully saturated rings. The smallest absolute Gasteiger partial charge is 0.179 e. The van der Waals surface area contributed by atoms with Crippen molar-refractivity contribution in [1.29, 1.82) is 0 Å². The molecule has 0 saturated heterocycles. The second-order valence-electron chi connectivity index (χ2n) is 3.30. The van der Waals surface area contributed by atoms with Crippen LogP contribution in [0.5, 0.6) is 5.75 Å². The van der Waals surface area contributed by atoms with E-state index in [1.54, 1.807) is 12.1 Å². The van der Waals surface area contributed by atoms with E-state index in [1.807, 2.05) is 6.07 Å². The standard InChI is InChI=1S/C10H15NO3S/c1-14-9-4-3-8(5-6-11)7-10(9)15(2,12)13/h3-4,7H,5-6,11H2,1-2H3. The lowest BCUT2D eigenvalue weighted by Gasteiger charge is -2.08. The lowest BCUT2D eigenvalue weighted by atomic mass is 10.1. The summed E-state index contributed by atoms with van der Waals surface area (Å²) >= 11 is 0. The summed E-state index contributed by atoms with van der Waals surface area (Å²) in [6.07, 6.45) is 1.82. The van der Waals surface area contributed by atoms with Gasteiger partial charge in [0, 0.05) is 6.26 Å². The van der Waals surface area contributed by atoms with Crippen LogP contribution in [-0.4, -0.2) is 28.3 Å². The average Bonchev–Trinajstić information content (AvgIpc) is 2.17. The number of hydrogen-bond donors (Lipinski definition) is 1. The molecule has 1 aromatic carbocycles. The van der Waals surface area contributed by atoms with Crippen LogP contribution in [-0.2, 0) is 16.3 Å². The fraction of sp³-hybridized carbons (Fsp3) is 0.400. The quantitative estimate of drug-likeness (QED) is 0.820. The van der Waals surface area contributed by atoms with Crippen LogP contribution in [0.15, 0.2) is 23.1 Å². The van der Waals surface area contributed by atoms with Gasteiger partial charge in [0.2, 0.25) is 0 Å². The summed E-state index contributed by atoms with van der Waals surface area (Å²) in [5, 5.41) is 0. The Kier molecular flexibility index (Phi) is 3.71. The van der Waals surface area contributed by atoms with Gasteiger partial charge >= 0.3 is 0 Å². The van der Waals surface area contributed by atoms with Gasteiger partial charge in [-0.2, -0.15) is 0 Å². The van der Waals surface area contributed by atoms with Crippen molar-refractivity contribution in [3.63, 3.8) is 0 Å². The highest BCUT2D eigenvalue weighted by Gasteiger charge is 2.14. The van der Waals surface area contributed by atoms with E-state index in [2.05, 4.69) is 0 Å². The first-order chi connectivity index (χ1) is 6.99. The first-order valence-corrected chi connectivity index (χ1v) is 6.45. The summed E-state index contributed by atoms with van der Waals surface area (Å²) in [5.74, 6) is 0.373. The maximum absolute atomic E-state index is 11.5. The molecule has 1 rings (SSSR count). The minimum Gasteiger partial charge on any atom is -0.495 e. The van der Waals surface area contributed by atoms with Gasteiger partial charge in [-0.15, -0.1) is 0 Å². The largest absolute Gasteiger partial charge is 0.495 e. The molecule has 1 aromatic rings. The predicted molar refractivity (Wildman–Crippen MR) is 58.9 cm³/mol. The molecular weight excluding hydrogens is 214 g/mol. The Balaban J connectivity index is 3.26. The lowest BCUT2D eigenvalue weighted by molar-refractivity contribution is 0.402. The molecule has 84 valence electrons. The van der Waals surface area contributed by atoms with Crippen LogP contribution in [0, 0.1) is 0 Å². The third-order valence-electron chi connectivity index (χ3n) is 2.06. The van der Waals surface area contributed by atoms with Crippen molar-refractivity contribution in [2.24, 2.45) is 5.73 Å². The van der Waals surface area contributed by atoms with E-state index >= 15 is 0 Å². The molecule has 4 nitrogen and oxygen atoms in total. The summed E-state index contributed by atoms with van der Waals surface area (Å²) in [7, 11) is -1.80. The summed E-state index contributed by atoms with van der Waals surface area (Å²) < 4.78 is 27.9. The Bertz CT molecular complexity index is 440. The molecule has 15 heavy (non-hydrogen) atoms. The molecule has 0 radical (unpaired) electrons. The molecule has 0 unspecified atom stereocenters. The second-order valence-corrected chi connectivity index (χ2v) is 5.28. The van der Waals surface area contributed by atoms with E-state index in [0.717, 1.165) is 11.8 Å². The van der Waals surface area contributed by atoms with Crippen molar-refractivity contribution in [2.45, 2.75) is 11.3 Å². The normalized spacial score (nSPS) is 11.4. The van der Waals surface area contributed by atoms with Crippen LogP contribution in [0.3, 0.4) is 0 Å². The van der Waals surface area contributed by atoms with Gasteiger partial charge in [-0.3, -0.25) is 0 Å². The number of methoxy groups -OCH3 is 1. The molecule has 0 aliphatic rings. The topological polar surface area (TPSA) is 69.4 Å². The number of hydrogen-bond acceptors (Lipinski definition) is 4. The van der Waals surface area contributed by atoms with Crippen molar-refractivity contribution >= 4 is 9.84 Å². The van der Waals surface area contributed by atoms with E-state index in [0.29, 0.717) is 18.7 Å². The van der Waals surface area contributed by atoms with Crippen molar-refractivity contribution in [3.05, 3.63) is 23.8 Å². The highest BCUT2D eigenvalue weighted by molar-refractivity contribution is 7.90. The van der Waals surface area contributed by atoms with Gasteiger partial charge in [0.15, 0.2) is 9.84 Å². The van der Waals surface area contributed by atoms with Crippen molar-refractivity contribution in [2.75, 3.05) is 19.9 Å². The van der Waals surface area contributed by atoms with Gasteiger partial charge in [-0.1, -0.05) is 6.07 Å². The molecule has 0 spiro atoms. The Hall–Kier alpha value is -1.07. The van der Waals surface area contributed by atoms with E-state index in [4.69, 9.17) is 10.5 Å². The van der Waals surface area contributed by atoms with Gasteiger partial charge in [-0.05, 0) is 30.7 Å². The zero-order chi connectivity index (χ0) is 11.5. The number of sulfone groups is 1. The molecule has 5 heteroatoms. The molecule has 0 saturated carbocycles. The fourth-order valence-corrected chi connectivity index (χ4v) is 2.22. The van der Waals surface area contributed by atoms with Crippen LogP contribution in [0.1, 0.15) is 5.56 Å². The van der Waals surface area contributed by atoms with Gasteiger partial charge in [0.1, 0.15) is 10.6 Å². The molecule has 0 aliphatic carbocycles. The van der Waals surface area contributed by atoms with Crippen LogP contribution in [0.4, 0.5) is 0 Å².